The highest BCUT2D eigenvalue weighted by atomic mass is 31.0. The fourth-order valence-electron chi connectivity index (χ4n) is 1.79. The van der Waals surface area contributed by atoms with Gasteiger partial charge in [-0.15, -0.1) is 9.24 Å². The Morgan fingerprint density at radius 3 is 2.70 bits per heavy atom. The SMILES string of the molecule is CCC1CC(P)CN(C)C1. The van der Waals surface area contributed by atoms with Crippen LogP contribution in [0, 0.1) is 5.92 Å². The zero-order valence-electron chi connectivity index (χ0n) is 7.01. The van der Waals surface area contributed by atoms with Crippen molar-refractivity contribution in [3.63, 3.8) is 0 Å². The van der Waals surface area contributed by atoms with Crippen LogP contribution >= 0.6 is 9.24 Å². The zero-order valence-corrected chi connectivity index (χ0v) is 8.16. The standard InChI is InChI=1S/C8H18NP/c1-3-7-4-8(10)6-9(2)5-7/h7-8H,3-6,10H2,1-2H3. The van der Waals surface area contributed by atoms with E-state index in [2.05, 4.69) is 28.1 Å². The molecule has 0 bridgehead atoms. The second-order valence-corrected chi connectivity index (χ2v) is 4.43. The second kappa shape index (κ2) is 3.69. The summed E-state index contributed by atoms with van der Waals surface area (Å²) in [5.41, 5.74) is 0.837. The van der Waals surface area contributed by atoms with Crippen molar-refractivity contribution >= 4 is 9.24 Å². The first-order chi connectivity index (χ1) is 4.72. The summed E-state index contributed by atoms with van der Waals surface area (Å²) in [4.78, 5) is 2.44. The average molecular weight is 159 g/mol. The van der Waals surface area contributed by atoms with Crippen molar-refractivity contribution in [1.82, 2.24) is 4.90 Å². The molecule has 10 heavy (non-hydrogen) atoms. The topological polar surface area (TPSA) is 3.24 Å². The van der Waals surface area contributed by atoms with Gasteiger partial charge in [-0.3, -0.25) is 0 Å². The van der Waals surface area contributed by atoms with Crippen molar-refractivity contribution < 1.29 is 0 Å². The van der Waals surface area contributed by atoms with E-state index >= 15 is 0 Å². The van der Waals surface area contributed by atoms with Gasteiger partial charge in [-0.25, -0.2) is 0 Å². The first-order valence-electron chi connectivity index (χ1n) is 4.16. The van der Waals surface area contributed by atoms with Crippen LogP contribution in [0.2, 0.25) is 0 Å². The summed E-state index contributed by atoms with van der Waals surface area (Å²) < 4.78 is 0. The first kappa shape index (κ1) is 8.49. The van der Waals surface area contributed by atoms with E-state index in [-0.39, 0.29) is 0 Å². The molecular formula is C8H18NP. The molecule has 1 aliphatic rings. The van der Waals surface area contributed by atoms with Crippen LogP contribution in [-0.2, 0) is 0 Å². The van der Waals surface area contributed by atoms with Crippen LogP contribution in [0.1, 0.15) is 19.8 Å². The smallest absolute Gasteiger partial charge is 0.00415 e. The van der Waals surface area contributed by atoms with Crippen LogP contribution in [0.15, 0.2) is 0 Å². The lowest BCUT2D eigenvalue weighted by Crippen LogP contribution is -2.37. The number of nitrogens with zero attached hydrogens (tertiary/aromatic N) is 1. The molecule has 1 heterocycles. The minimum Gasteiger partial charge on any atom is -0.305 e. The van der Waals surface area contributed by atoms with Gasteiger partial charge < -0.3 is 4.90 Å². The first-order valence-corrected chi connectivity index (χ1v) is 4.83. The molecule has 0 aromatic rings. The Bertz CT molecular complexity index is 95.4. The Labute approximate surface area is 66.4 Å². The highest BCUT2D eigenvalue weighted by Gasteiger charge is 2.20. The van der Waals surface area contributed by atoms with E-state index in [1.807, 2.05) is 0 Å². The van der Waals surface area contributed by atoms with Gasteiger partial charge in [0.1, 0.15) is 0 Å². The van der Waals surface area contributed by atoms with E-state index in [0.29, 0.717) is 0 Å². The molecule has 3 unspecified atom stereocenters. The van der Waals surface area contributed by atoms with Crippen molar-refractivity contribution in [3.8, 4) is 0 Å². The van der Waals surface area contributed by atoms with Crippen LogP contribution in [0.3, 0.4) is 0 Å². The van der Waals surface area contributed by atoms with Crippen molar-refractivity contribution in [2.75, 3.05) is 20.1 Å². The Morgan fingerprint density at radius 1 is 1.50 bits per heavy atom. The van der Waals surface area contributed by atoms with Crippen molar-refractivity contribution in [2.24, 2.45) is 5.92 Å². The molecule has 3 atom stereocenters. The molecule has 0 aliphatic carbocycles. The van der Waals surface area contributed by atoms with Crippen molar-refractivity contribution in [3.05, 3.63) is 0 Å². The fourth-order valence-corrected chi connectivity index (χ4v) is 2.53. The van der Waals surface area contributed by atoms with Gasteiger partial charge in [0, 0.05) is 13.1 Å². The van der Waals surface area contributed by atoms with Crippen LogP contribution in [0.4, 0.5) is 0 Å². The fraction of sp³-hybridized carbons (Fsp3) is 1.00. The summed E-state index contributed by atoms with van der Waals surface area (Å²) in [5.74, 6) is 0.946. The van der Waals surface area contributed by atoms with Gasteiger partial charge >= 0.3 is 0 Å². The molecular weight excluding hydrogens is 141 g/mol. The Balaban J connectivity index is 2.35. The van der Waals surface area contributed by atoms with E-state index < -0.39 is 0 Å². The largest absolute Gasteiger partial charge is 0.305 e. The summed E-state index contributed by atoms with van der Waals surface area (Å²) in [6.07, 6.45) is 2.75. The quantitative estimate of drug-likeness (QED) is 0.525. The van der Waals surface area contributed by atoms with Crippen LogP contribution in [0.5, 0.6) is 0 Å². The molecule has 0 aromatic heterocycles. The predicted octanol–water partition coefficient (Wildman–Crippen LogP) is 1.59. The molecule has 0 spiro atoms. The third-order valence-corrected chi connectivity index (χ3v) is 2.81. The number of piperidine rings is 1. The van der Waals surface area contributed by atoms with E-state index in [1.165, 1.54) is 25.9 Å². The van der Waals surface area contributed by atoms with E-state index in [1.54, 1.807) is 0 Å². The molecule has 0 aromatic carbocycles. The van der Waals surface area contributed by atoms with E-state index in [0.717, 1.165) is 11.6 Å². The maximum Gasteiger partial charge on any atom is 0.00415 e. The van der Waals surface area contributed by atoms with Gasteiger partial charge in [0.05, 0.1) is 0 Å². The van der Waals surface area contributed by atoms with Crippen LogP contribution in [0.25, 0.3) is 0 Å². The van der Waals surface area contributed by atoms with Crippen molar-refractivity contribution in [2.45, 2.75) is 25.4 Å². The molecule has 0 saturated carbocycles. The van der Waals surface area contributed by atoms with Crippen molar-refractivity contribution in [1.29, 1.82) is 0 Å². The lowest BCUT2D eigenvalue weighted by Gasteiger charge is -2.33. The van der Waals surface area contributed by atoms with Gasteiger partial charge in [-0.2, -0.15) is 0 Å². The molecule has 1 nitrogen and oxygen atoms in total. The van der Waals surface area contributed by atoms with E-state index in [4.69, 9.17) is 0 Å². The Hall–Kier alpha value is 0.390. The highest BCUT2D eigenvalue weighted by molar-refractivity contribution is 7.17. The number of hydrogen-bond acceptors (Lipinski definition) is 1. The summed E-state index contributed by atoms with van der Waals surface area (Å²) in [6, 6.07) is 0. The lowest BCUT2D eigenvalue weighted by atomic mass is 9.96. The zero-order chi connectivity index (χ0) is 7.56. The molecule has 60 valence electrons. The lowest BCUT2D eigenvalue weighted by molar-refractivity contribution is 0.212. The van der Waals surface area contributed by atoms with Gasteiger partial charge in [0.25, 0.3) is 0 Å². The number of rotatable bonds is 1. The van der Waals surface area contributed by atoms with Crippen LogP contribution < -0.4 is 0 Å². The second-order valence-electron chi connectivity index (χ2n) is 3.49. The summed E-state index contributed by atoms with van der Waals surface area (Å²) >= 11 is 0. The molecule has 1 fully saturated rings. The summed E-state index contributed by atoms with van der Waals surface area (Å²) in [7, 11) is 5.16. The minimum absolute atomic E-state index is 0.837. The molecule has 1 saturated heterocycles. The molecule has 0 N–H and O–H groups in total. The monoisotopic (exact) mass is 159 g/mol. The Kier molecular flexibility index (Phi) is 3.13. The van der Waals surface area contributed by atoms with Gasteiger partial charge in [0.2, 0.25) is 0 Å². The molecule has 1 aliphatic heterocycles. The number of likely N-dealkylation sites (tertiary alicyclic amines) is 1. The molecule has 1 rings (SSSR count). The third-order valence-electron chi connectivity index (χ3n) is 2.33. The maximum absolute atomic E-state index is 2.94. The third kappa shape index (κ3) is 2.21. The maximum atomic E-state index is 2.94. The highest BCUT2D eigenvalue weighted by Crippen LogP contribution is 2.23. The summed E-state index contributed by atoms with van der Waals surface area (Å²) in [6.45, 7) is 4.86. The molecule has 0 radical (unpaired) electrons. The van der Waals surface area contributed by atoms with E-state index in [9.17, 15) is 0 Å². The number of hydrogen-bond donors (Lipinski definition) is 0. The molecule has 0 amide bonds. The van der Waals surface area contributed by atoms with Gasteiger partial charge in [0.15, 0.2) is 0 Å². The summed E-state index contributed by atoms with van der Waals surface area (Å²) in [5, 5.41) is 0. The minimum atomic E-state index is 0.837. The Morgan fingerprint density at radius 2 is 2.20 bits per heavy atom. The average Bonchev–Trinajstić information content (AvgIpc) is 1.85. The van der Waals surface area contributed by atoms with Gasteiger partial charge in [-0.1, -0.05) is 13.3 Å². The normalized spacial score (nSPS) is 36.3. The molecule has 2 heteroatoms. The predicted molar refractivity (Wildman–Crippen MR) is 49.4 cm³/mol. The van der Waals surface area contributed by atoms with Gasteiger partial charge in [-0.05, 0) is 25.0 Å². The van der Waals surface area contributed by atoms with Crippen LogP contribution in [-0.4, -0.2) is 30.7 Å².